The first-order valence-electron chi connectivity index (χ1n) is 6.85. The van der Waals surface area contributed by atoms with Crippen LogP contribution in [0.2, 0.25) is 0 Å². The van der Waals surface area contributed by atoms with E-state index in [2.05, 4.69) is 10.1 Å². The van der Waals surface area contributed by atoms with Crippen LogP contribution in [0.5, 0.6) is 0 Å². The molecule has 2 heterocycles. The van der Waals surface area contributed by atoms with Gasteiger partial charge in [-0.2, -0.15) is 0 Å². The normalized spacial score (nSPS) is 12.9. The second-order valence-corrected chi connectivity index (χ2v) is 6.56. The lowest BCUT2D eigenvalue weighted by molar-refractivity contribution is 0.219. The predicted molar refractivity (Wildman–Crippen MR) is 82.3 cm³/mol. The number of oxime groups is 1. The summed E-state index contributed by atoms with van der Waals surface area (Å²) >= 11 is 0. The molecule has 3 N–H and O–H groups in total. The second-order valence-electron chi connectivity index (χ2n) is 4.50. The lowest BCUT2D eigenvalue weighted by Gasteiger charge is -2.15. The van der Waals surface area contributed by atoms with E-state index in [9.17, 15) is 4.57 Å². The van der Waals surface area contributed by atoms with E-state index in [1.54, 1.807) is 42.8 Å². The standard InChI is InChI=1S/C13H19N4O4P/c1-3-20-22(19,21-4-2)9-11-8-17-6-5-10(13(14)16-18)7-12(17)15-11/h5-8,18H,3-4,9H2,1-2H3,(H2,14,16). The summed E-state index contributed by atoms with van der Waals surface area (Å²) in [5.74, 6) is 0.00125. The minimum atomic E-state index is -3.20. The highest BCUT2D eigenvalue weighted by molar-refractivity contribution is 7.53. The smallest absolute Gasteiger partial charge is 0.336 e. The van der Waals surface area contributed by atoms with Crippen LogP contribution < -0.4 is 5.73 Å². The molecule has 120 valence electrons. The fourth-order valence-corrected chi connectivity index (χ4v) is 3.64. The highest BCUT2D eigenvalue weighted by atomic mass is 31.2. The average molecular weight is 326 g/mol. The van der Waals surface area contributed by atoms with Crippen LogP contribution in [0.3, 0.4) is 0 Å². The fourth-order valence-electron chi connectivity index (χ4n) is 2.05. The molecule has 9 heteroatoms. The van der Waals surface area contributed by atoms with Gasteiger partial charge in [-0.1, -0.05) is 5.16 Å². The molecule has 0 aliphatic carbocycles. The van der Waals surface area contributed by atoms with Crippen molar-refractivity contribution < 1.29 is 18.8 Å². The van der Waals surface area contributed by atoms with Crippen LogP contribution in [0.15, 0.2) is 29.7 Å². The zero-order valence-electron chi connectivity index (χ0n) is 12.5. The Kier molecular flexibility index (Phi) is 5.18. The summed E-state index contributed by atoms with van der Waals surface area (Å²) in [5.41, 5.74) is 7.28. The van der Waals surface area contributed by atoms with E-state index in [1.165, 1.54) is 0 Å². The predicted octanol–water partition coefficient (Wildman–Crippen LogP) is 2.19. The van der Waals surface area contributed by atoms with Gasteiger partial charge in [0, 0.05) is 18.0 Å². The number of aromatic nitrogens is 2. The Hall–Kier alpha value is -1.89. The lowest BCUT2D eigenvalue weighted by Crippen LogP contribution is -2.13. The van der Waals surface area contributed by atoms with Crippen molar-refractivity contribution in [1.82, 2.24) is 9.38 Å². The number of nitrogens with zero attached hydrogens (tertiary/aromatic N) is 3. The monoisotopic (exact) mass is 326 g/mol. The maximum Gasteiger partial charge on any atom is 0.336 e. The Morgan fingerprint density at radius 2 is 2.14 bits per heavy atom. The van der Waals surface area contributed by atoms with Crippen molar-refractivity contribution in [3.63, 3.8) is 0 Å². The molecule has 0 aliphatic heterocycles. The van der Waals surface area contributed by atoms with Gasteiger partial charge in [-0.15, -0.1) is 0 Å². The molecular weight excluding hydrogens is 307 g/mol. The molecule has 8 nitrogen and oxygen atoms in total. The molecule has 22 heavy (non-hydrogen) atoms. The topological polar surface area (TPSA) is 111 Å². The molecule has 0 aliphatic rings. The Morgan fingerprint density at radius 3 is 2.73 bits per heavy atom. The number of nitrogens with two attached hydrogens (primary N) is 1. The first kappa shape index (κ1) is 16.5. The SMILES string of the molecule is CCOP(=O)(Cc1cn2ccc(C(N)=NO)cc2n1)OCC. The summed E-state index contributed by atoms with van der Waals surface area (Å²) < 4.78 is 24.8. The highest BCUT2D eigenvalue weighted by Gasteiger charge is 2.25. The van der Waals surface area contributed by atoms with E-state index >= 15 is 0 Å². The van der Waals surface area contributed by atoms with Crippen molar-refractivity contribution in [2.24, 2.45) is 10.9 Å². The van der Waals surface area contributed by atoms with Crippen LogP contribution in [0, 0.1) is 0 Å². The summed E-state index contributed by atoms with van der Waals surface area (Å²) in [5, 5.41) is 11.7. The number of fused-ring (bicyclic) bond motifs is 1. The number of rotatable bonds is 7. The first-order valence-corrected chi connectivity index (χ1v) is 8.57. The Morgan fingerprint density at radius 1 is 1.45 bits per heavy atom. The van der Waals surface area contributed by atoms with Crippen LogP contribution in [-0.4, -0.2) is 33.6 Å². The minimum Gasteiger partial charge on any atom is -0.409 e. The Balaban J connectivity index is 2.31. The van der Waals surface area contributed by atoms with Gasteiger partial charge in [0.15, 0.2) is 5.84 Å². The van der Waals surface area contributed by atoms with Crippen molar-refractivity contribution >= 4 is 19.1 Å². The molecule has 0 fully saturated rings. The van der Waals surface area contributed by atoms with Crippen LogP contribution in [0.4, 0.5) is 0 Å². The lowest BCUT2D eigenvalue weighted by atomic mass is 10.2. The molecule has 0 unspecified atom stereocenters. The van der Waals surface area contributed by atoms with Gasteiger partial charge in [0.2, 0.25) is 0 Å². The summed E-state index contributed by atoms with van der Waals surface area (Å²) in [7, 11) is -3.20. The maximum absolute atomic E-state index is 12.5. The number of imidazole rings is 1. The molecule has 0 saturated carbocycles. The van der Waals surface area contributed by atoms with Gasteiger partial charge in [0.25, 0.3) is 0 Å². The number of amidine groups is 1. The molecule has 0 radical (unpaired) electrons. The molecule has 2 aromatic heterocycles. The van der Waals surface area contributed by atoms with E-state index in [4.69, 9.17) is 20.0 Å². The van der Waals surface area contributed by atoms with Crippen LogP contribution >= 0.6 is 7.60 Å². The van der Waals surface area contributed by atoms with E-state index in [1.807, 2.05) is 0 Å². The summed E-state index contributed by atoms with van der Waals surface area (Å²) in [6.45, 7) is 4.13. The van der Waals surface area contributed by atoms with Crippen molar-refractivity contribution in [3.05, 3.63) is 35.8 Å². The molecule has 0 amide bonds. The summed E-state index contributed by atoms with van der Waals surface area (Å²) in [6.07, 6.45) is 3.57. The zero-order valence-corrected chi connectivity index (χ0v) is 13.4. The molecular formula is C13H19N4O4P. The van der Waals surface area contributed by atoms with Gasteiger partial charge >= 0.3 is 7.60 Å². The molecule has 0 saturated heterocycles. The number of hydrogen-bond acceptors (Lipinski definition) is 6. The van der Waals surface area contributed by atoms with Crippen molar-refractivity contribution in [2.75, 3.05) is 13.2 Å². The second kappa shape index (κ2) is 6.91. The van der Waals surface area contributed by atoms with Crippen LogP contribution in [-0.2, 0) is 19.8 Å². The third-order valence-corrected chi connectivity index (χ3v) is 4.94. The van der Waals surface area contributed by atoms with Gasteiger partial charge < -0.3 is 24.4 Å². The largest absolute Gasteiger partial charge is 0.409 e. The van der Waals surface area contributed by atoms with E-state index in [-0.39, 0.29) is 12.0 Å². The van der Waals surface area contributed by atoms with Crippen molar-refractivity contribution in [1.29, 1.82) is 0 Å². The first-order chi connectivity index (χ1) is 10.5. The highest BCUT2D eigenvalue weighted by Crippen LogP contribution is 2.51. The zero-order chi connectivity index (χ0) is 16.2. The number of hydrogen-bond donors (Lipinski definition) is 2. The van der Waals surface area contributed by atoms with E-state index in [0.29, 0.717) is 30.1 Å². The van der Waals surface area contributed by atoms with Gasteiger partial charge in [-0.25, -0.2) is 4.98 Å². The molecule has 0 spiro atoms. The minimum absolute atomic E-state index is 0.00125. The van der Waals surface area contributed by atoms with Crippen molar-refractivity contribution in [2.45, 2.75) is 20.0 Å². The average Bonchev–Trinajstić information content (AvgIpc) is 2.87. The van der Waals surface area contributed by atoms with Gasteiger partial charge in [0.05, 0.1) is 25.1 Å². The Labute approximate surface area is 128 Å². The van der Waals surface area contributed by atoms with E-state index < -0.39 is 7.60 Å². The Bertz CT molecular complexity index is 718. The molecule has 2 aromatic rings. The summed E-state index contributed by atoms with van der Waals surface area (Å²) in [4.78, 5) is 4.38. The summed E-state index contributed by atoms with van der Waals surface area (Å²) in [6, 6.07) is 3.36. The third kappa shape index (κ3) is 3.65. The molecule has 0 bridgehead atoms. The fraction of sp³-hybridized carbons (Fsp3) is 0.385. The quantitative estimate of drug-likeness (QED) is 0.265. The van der Waals surface area contributed by atoms with Gasteiger partial charge in [0.1, 0.15) is 5.65 Å². The third-order valence-electron chi connectivity index (χ3n) is 2.92. The van der Waals surface area contributed by atoms with Gasteiger partial charge in [-0.05, 0) is 26.0 Å². The van der Waals surface area contributed by atoms with Crippen LogP contribution in [0.25, 0.3) is 5.65 Å². The van der Waals surface area contributed by atoms with Crippen LogP contribution in [0.1, 0.15) is 25.1 Å². The molecule has 0 aromatic carbocycles. The van der Waals surface area contributed by atoms with Gasteiger partial charge in [-0.3, -0.25) is 4.57 Å². The number of pyridine rings is 1. The molecule has 2 rings (SSSR count). The molecule has 0 atom stereocenters. The van der Waals surface area contributed by atoms with Crippen molar-refractivity contribution in [3.8, 4) is 0 Å². The maximum atomic E-state index is 12.5. The van der Waals surface area contributed by atoms with E-state index in [0.717, 1.165) is 0 Å².